The van der Waals surface area contributed by atoms with E-state index in [0.29, 0.717) is 11.3 Å². The van der Waals surface area contributed by atoms with E-state index in [0.717, 1.165) is 0 Å². The second kappa shape index (κ2) is 2.75. The molecule has 0 unspecified atom stereocenters. The van der Waals surface area contributed by atoms with Crippen LogP contribution in [0.15, 0.2) is 18.2 Å². The SMILES string of the molecule is CC(C)(O)c1cc(F)ccc1N. The molecule has 0 bridgehead atoms. The highest BCUT2D eigenvalue weighted by molar-refractivity contribution is 5.49. The molecular weight excluding hydrogens is 157 g/mol. The lowest BCUT2D eigenvalue weighted by Gasteiger charge is -2.19. The number of hydrogen-bond donors (Lipinski definition) is 2. The minimum atomic E-state index is -1.09. The summed E-state index contributed by atoms with van der Waals surface area (Å²) in [7, 11) is 0. The van der Waals surface area contributed by atoms with Crippen LogP contribution in [0.3, 0.4) is 0 Å². The molecule has 0 aliphatic rings. The van der Waals surface area contributed by atoms with Crippen LogP contribution in [0.2, 0.25) is 0 Å². The highest BCUT2D eigenvalue weighted by atomic mass is 19.1. The van der Waals surface area contributed by atoms with Crippen LogP contribution in [0.4, 0.5) is 10.1 Å². The summed E-state index contributed by atoms with van der Waals surface area (Å²) in [6.07, 6.45) is 0. The minimum absolute atomic E-state index is 0.388. The predicted octanol–water partition coefficient (Wildman–Crippen LogP) is 1.64. The van der Waals surface area contributed by atoms with Crippen molar-refractivity contribution in [3.63, 3.8) is 0 Å². The fourth-order valence-corrected chi connectivity index (χ4v) is 1.06. The van der Waals surface area contributed by atoms with Crippen LogP contribution in [0.5, 0.6) is 0 Å². The first-order valence-electron chi connectivity index (χ1n) is 3.69. The molecule has 3 N–H and O–H groups in total. The van der Waals surface area contributed by atoms with Gasteiger partial charge in [-0.15, -0.1) is 0 Å². The summed E-state index contributed by atoms with van der Waals surface area (Å²) in [4.78, 5) is 0. The molecule has 0 aliphatic carbocycles. The molecule has 0 amide bonds. The number of anilines is 1. The van der Waals surface area contributed by atoms with Crippen LogP contribution in [-0.4, -0.2) is 5.11 Å². The molecule has 0 saturated heterocycles. The molecule has 1 rings (SSSR count). The first-order chi connectivity index (χ1) is 5.41. The molecule has 0 radical (unpaired) electrons. The Bertz CT molecular complexity index is 291. The van der Waals surface area contributed by atoms with E-state index < -0.39 is 5.60 Å². The van der Waals surface area contributed by atoms with Crippen molar-refractivity contribution < 1.29 is 9.50 Å². The second-order valence-electron chi connectivity index (χ2n) is 3.29. The molecule has 3 heteroatoms. The topological polar surface area (TPSA) is 46.2 Å². The Morgan fingerprint density at radius 1 is 1.42 bits per heavy atom. The van der Waals surface area contributed by atoms with Crippen LogP contribution in [-0.2, 0) is 5.60 Å². The van der Waals surface area contributed by atoms with Crippen LogP contribution in [0.1, 0.15) is 19.4 Å². The van der Waals surface area contributed by atoms with Crippen molar-refractivity contribution >= 4 is 5.69 Å². The standard InChI is InChI=1S/C9H12FNO/c1-9(2,12)7-5-6(10)3-4-8(7)11/h3-5,12H,11H2,1-2H3. The average Bonchev–Trinajstić information content (AvgIpc) is 1.92. The summed E-state index contributed by atoms with van der Waals surface area (Å²) in [6.45, 7) is 3.14. The highest BCUT2D eigenvalue weighted by Crippen LogP contribution is 2.25. The monoisotopic (exact) mass is 169 g/mol. The fourth-order valence-electron chi connectivity index (χ4n) is 1.06. The molecule has 66 valence electrons. The largest absolute Gasteiger partial charge is 0.398 e. The lowest BCUT2D eigenvalue weighted by molar-refractivity contribution is 0.0790. The zero-order valence-electron chi connectivity index (χ0n) is 7.13. The maximum Gasteiger partial charge on any atom is 0.123 e. The number of hydrogen-bond acceptors (Lipinski definition) is 2. The predicted molar refractivity (Wildman–Crippen MR) is 46.1 cm³/mol. The van der Waals surface area contributed by atoms with Gasteiger partial charge in [0.15, 0.2) is 0 Å². The van der Waals surface area contributed by atoms with E-state index in [4.69, 9.17) is 5.73 Å². The van der Waals surface area contributed by atoms with Gasteiger partial charge in [0.25, 0.3) is 0 Å². The number of halogens is 1. The summed E-state index contributed by atoms with van der Waals surface area (Å²) in [5.74, 6) is -0.388. The van der Waals surface area contributed by atoms with Gasteiger partial charge in [-0.3, -0.25) is 0 Å². The van der Waals surface area contributed by atoms with E-state index >= 15 is 0 Å². The molecular formula is C9H12FNO. The summed E-state index contributed by atoms with van der Waals surface area (Å²) in [5, 5.41) is 9.55. The van der Waals surface area contributed by atoms with Gasteiger partial charge in [-0.2, -0.15) is 0 Å². The molecule has 0 spiro atoms. The molecule has 0 aromatic heterocycles. The zero-order valence-corrected chi connectivity index (χ0v) is 7.13. The highest BCUT2D eigenvalue weighted by Gasteiger charge is 2.19. The van der Waals surface area contributed by atoms with Crippen LogP contribution >= 0.6 is 0 Å². The third kappa shape index (κ3) is 1.74. The second-order valence-corrected chi connectivity index (χ2v) is 3.29. The van der Waals surface area contributed by atoms with Crippen molar-refractivity contribution in [3.05, 3.63) is 29.6 Å². The molecule has 1 aromatic carbocycles. The number of rotatable bonds is 1. The van der Waals surface area contributed by atoms with Crippen molar-refractivity contribution in [2.45, 2.75) is 19.4 Å². The molecule has 0 saturated carbocycles. The Morgan fingerprint density at radius 3 is 2.42 bits per heavy atom. The van der Waals surface area contributed by atoms with Gasteiger partial charge in [-0.05, 0) is 32.0 Å². The van der Waals surface area contributed by atoms with Crippen LogP contribution < -0.4 is 5.73 Å². The normalized spacial score (nSPS) is 11.7. The minimum Gasteiger partial charge on any atom is -0.398 e. The van der Waals surface area contributed by atoms with Gasteiger partial charge in [0.2, 0.25) is 0 Å². The smallest absolute Gasteiger partial charge is 0.123 e. The van der Waals surface area contributed by atoms with E-state index in [2.05, 4.69) is 0 Å². The van der Waals surface area contributed by atoms with Crippen molar-refractivity contribution in [1.29, 1.82) is 0 Å². The molecule has 0 heterocycles. The number of benzene rings is 1. The van der Waals surface area contributed by atoms with Crippen LogP contribution in [0.25, 0.3) is 0 Å². The Balaban J connectivity index is 3.23. The summed E-state index contributed by atoms with van der Waals surface area (Å²) < 4.78 is 12.7. The van der Waals surface area contributed by atoms with Crippen molar-refractivity contribution in [3.8, 4) is 0 Å². The lowest BCUT2D eigenvalue weighted by atomic mass is 9.97. The molecule has 0 fully saturated rings. The van der Waals surface area contributed by atoms with Crippen molar-refractivity contribution in [1.82, 2.24) is 0 Å². The zero-order chi connectivity index (χ0) is 9.35. The Labute approximate surface area is 70.8 Å². The van der Waals surface area contributed by atoms with E-state index in [1.807, 2.05) is 0 Å². The van der Waals surface area contributed by atoms with Gasteiger partial charge in [0.05, 0.1) is 5.60 Å². The van der Waals surface area contributed by atoms with Crippen molar-refractivity contribution in [2.24, 2.45) is 0 Å². The van der Waals surface area contributed by atoms with Crippen molar-refractivity contribution in [2.75, 3.05) is 5.73 Å². The lowest BCUT2D eigenvalue weighted by Crippen LogP contribution is -2.17. The summed E-state index contributed by atoms with van der Waals surface area (Å²) in [6, 6.07) is 3.96. The number of aliphatic hydroxyl groups is 1. The summed E-state index contributed by atoms with van der Waals surface area (Å²) in [5.41, 5.74) is 5.28. The molecule has 2 nitrogen and oxygen atoms in total. The molecule has 1 aromatic rings. The molecule has 12 heavy (non-hydrogen) atoms. The molecule has 0 atom stereocenters. The van der Waals surface area contributed by atoms with Crippen LogP contribution in [0, 0.1) is 5.82 Å². The maximum absolute atomic E-state index is 12.7. The van der Waals surface area contributed by atoms with Gasteiger partial charge >= 0.3 is 0 Å². The first-order valence-corrected chi connectivity index (χ1v) is 3.69. The fraction of sp³-hybridized carbons (Fsp3) is 0.333. The average molecular weight is 169 g/mol. The van der Waals surface area contributed by atoms with E-state index in [-0.39, 0.29) is 5.82 Å². The van der Waals surface area contributed by atoms with Gasteiger partial charge < -0.3 is 10.8 Å². The Hall–Kier alpha value is -1.09. The Morgan fingerprint density at radius 2 is 2.00 bits per heavy atom. The number of nitrogens with two attached hydrogens (primary N) is 1. The molecule has 0 aliphatic heterocycles. The van der Waals surface area contributed by atoms with E-state index in [1.165, 1.54) is 18.2 Å². The van der Waals surface area contributed by atoms with E-state index in [9.17, 15) is 9.50 Å². The van der Waals surface area contributed by atoms with E-state index in [1.54, 1.807) is 13.8 Å². The quantitative estimate of drug-likeness (QED) is 0.628. The summed E-state index contributed by atoms with van der Waals surface area (Å²) >= 11 is 0. The maximum atomic E-state index is 12.7. The first kappa shape index (κ1) is 9.00. The van der Waals surface area contributed by atoms with Gasteiger partial charge in [0.1, 0.15) is 5.82 Å². The third-order valence-electron chi connectivity index (χ3n) is 1.67. The van der Waals surface area contributed by atoms with Gasteiger partial charge in [-0.25, -0.2) is 4.39 Å². The third-order valence-corrected chi connectivity index (χ3v) is 1.67. The van der Waals surface area contributed by atoms with Gasteiger partial charge in [0, 0.05) is 11.3 Å². The number of nitrogen functional groups attached to an aromatic ring is 1. The van der Waals surface area contributed by atoms with Gasteiger partial charge in [-0.1, -0.05) is 0 Å². The Kier molecular flexibility index (Phi) is 2.06.